The lowest BCUT2D eigenvalue weighted by Crippen LogP contribution is -2.41. The first-order valence-corrected chi connectivity index (χ1v) is 9.74. The van der Waals surface area contributed by atoms with Crippen molar-refractivity contribution in [3.63, 3.8) is 0 Å². The van der Waals surface area contributed by atoms with E-state index < -0.39 is 35.6 Å². The lowest BCUT2D eigenvalue weighted by atomic mass is 9.92. The van der Waals surface area contributed by atoms with E-state index >= 15 is 0 Å². The zero-order chi connectivity index (χ0) is 22.4. The quantitative estimate of drug-likeness (QED) is 0.537. The van der Waals surface area contributed by atoms with Gasteiger partial charge in [0.2, 0.25) is 0 Å². The fourth-order valence-electron chi connectivity index (χ4n) is 3.89. The molecule has 1 aliphatic heterocycles. The molecule has 2 N–H and O–H groups in total. The maximum Gasteiger partial charge on any atom is 0.325 e. The third-order valence-electron chi connectivity index (χ3n) is 5.32. The van der Waals surface area contributed by atoms with Gasteiger partial charge in [-0.1, -0.05) is 24.6 Å². The minimum absolute atomic E-state index is 0.0151. The van der Waals surface area contributed by atoms with Crippen LogP contribution in [-0.2, 0) is 16.8 Å². The van der Waals surface area contributed by atoms with Gasteiger partial charge in [0.15, 0.2) is 11.6 Å². The van der Waals surface area contributed by atoms with E-state index in [0.29, 0.717) is 23.2 Å². The number of urea groups is 1. The van der Waals surface area contributed by atoms with Crippen LogP contribution in [0.2, 0.25) is 5.02 Å². The molecule has 2 aromatic rings. The Bertz CT molecular complexity index is 1090. The molecule has 30 heavy (non-hydrogen) atoms. The van der Waals surface area contributed by atoms with Crippen LogP contribution in [0.1, 0.15) is 58.4 Å². The number of aryl methyl sites for hydroxylation is 1. The number of halogens is 2. The number of aromatic amines is 1. The highest BCUT2D eigenvalue weighted by atomic mass is 35.5. The van der Waals surface area contributed by atoms with Crippen LogP contribution >= 0.6 is 11.6 Å². The summed E-state index contributed by atoms with van der Waals surface area (Å²) in [5, 5.41) is 2.53. The Labute approximate surface area is 177 Å². The number of aromatic nitrogens is 1. The van der Waals surface area contributed by atoms with Gasteiger partial charge in [0, 0.05) is 21.8 Å². The van der Waals surface area contributed by atoms with Gasteiger partial charge in [0.05, 0.1) is 12.2 Å². The number of hydrogen-bond donors (Lipinski definition) is 2. The molecule has 3 amide bonds. The maximum atomic E-state index is 13.4. The number of imide groups is 1. The van der Waals surface area contributed by atoms with Crippen LogP contribution in [0.5, 0.6) is 0 Å². The van der Waals surface area contributed by atoms with Crippen LogP contribution in [0.25, 0.3) is 0 Å². The van der Waals surface area contributed by atoms with Gasteiger partial charge in [0.25, 0.3) is 5.91 Å². The molecule has 1 aromatic heterocycles. The van der Waals surface area contributed by atoms with Crippen molar-refractivity contribution < 1.29 is 23.6 Å². The normalized spacial score (nSPS) is 18.7. The summed E-state index contributed by atoms with van der Waals surface area (Å²) in [5.41, 5.74) is 0.452. The van der Waals surface area contributed by atoms with E-state index in [1.165, 1.54) is 19.9 Å². The molecule has 2 heterocycles. The molecule has 1 aliphatic rings. The van der Waals surface area contributed by atoms with E-state index in [4.69, 9.17) is 11.6 Å². The van der Waals surface area contributed by atoms with Gasteiger partial charge < -0.3 is 10.3 Å². The average molecular weight is 434 g/mol. The fourth-order valence-corrected chi connectivity index (χ4v) is 4.24. The summed E-state index contributed by atoms with van der Waals surface area (Å²) in [6.45, 7) is 5.85. The minimum Gasteiger partial charge on any atom is -0.355 e. The van der Waals surface area contributed by atoms with Crippen LogP contribution < -0.4 is 5.32 Å². The van der Waals surface area contributed by atoms with Crippen molar-refractivity contribution in [2.45, 2.75) is 39.7 Å². The van der Waals surface area contributed by atoms with Crippen LogP contribution in [0.3, 0.4) is 0 Å². The molecule has 158 valence electrons. The lowest BCUT2D eigenvalue weighted by Gasteiger charge is -2.23. The molecule has 1 aromatic carbocycles. The first-order valence-electron chi connectivity index (χ1n) is 9.36. The zero-order valence-electron chi connectivity index (χ0n) is 17.0. The van der Waals surface area contributed by atoms with Crippen molar-refractivity contribution >= 4 is 35.1 Å². The SMILES string of the molecule is CCc1c(C(=O)CN2C(=O)NC(C)(c3ccc(F)cc3Cl)C2=O)[nH]c(C)c1C(C)=O. The van der Waals surface area contributed by atoms with Crippen molar-refractivity contribution in [3.05, 3.63) is 57.1 Å². The summed E-state index contributed by atoms with van der Waals surface area (Å²) in [7, 11) is 0. The van der Waals surface area contributed by atoms with Gasteiger partial charge >= 0.3 is 6.03 Å². The van der Waals surface area contributed by atoms with Crippen molar-refractivity contribution in [1.82, 2.24) is 15.2 Å². The molecule has 3 rings (SSSR count). The Morgan fingerprint density at radius 1 is 1.27 bits per heavy atom. The van der Waals surface area contributed by atoms with E-state index in [9.17, 15) is 23.6 Å². The average Bonchev–Trinajstić information content (AvgIpc) is 3.11. The molecule has 0 bridgehead atoms. The number of benzene rings is 1. The molecule has 0 radical (unpaired) electrons. The van der Waals surface area contributed by atoms with E-state index in [-0.39, 0.29) is 22.1 Å². The van der Waals surface area contributed by atoms with Crippen LogP contribution in [0.4, 0.5) is 9.18 Å². The molecule has 1 unspecified atom stereocenters. The highest BCUT2D eigenvalue weighted by molar-refractivity contribution is 6.32. The monoisotopic (exact) mass is 433 g/mol. The number of carbonyl (C=O) groups excluding carboxylic acids is 4. The number of H-pyrrole nitrogens is 1. The molecule has 1 fully saturated rings. The second kappa shape index (κ2) is 7.68. The molecule has 1 atom stereocenters. The molecule has 0 spiro atoms. The molecular formula is C21H21ClFN3O4. The van der Waals surface area contributed by atoms with Gasteiger partial charge in [-0.05, 0) is 44.9 Å². The molecule has 7 nitrogen and oxygen atoms in total. The van der Waals surface area contributed by atoms with Gasteiger partial charge in [-0.25, -0.2) is 9.18 Å². The van der Waals surface area contributed by atoms with E-state index in [2.05, 4.69) is 10.3 Å². The van der Waals surface area contributed by atoms with Crippen LogP contribution in [-0.4, -0.2) is 39.9 Å². The lowest BCUT2D eigenvalue weighted by molar-refractivity contribution is -0.130. The van der Waals surface area contributed by atoms with Gasteiger partial charge in [0.1, 0.15) is 11.4 Å². The summed E-state index contributed by atoms with van der Waals surface area (Å²) >= 11 is 6.09. The Morgan fingerprint density at radius 3 is 2.50 bits per heavy atom. The van der Waals surface area contributed by atoms with Crippen molar-refractivity contribution in [1.29, 1.82) is 0 Å². The summed E-state index contributed by atoms with van der Waals surface area (Å²) in [4.78, 5) is 54.1. The van der Waals surface area contributed by atoms with Gasteiger partial charge in [-0.2, -0.15) is 0 Å². The predicted molar refractivity (Wildman–Crippen MR) is 108 cm³/mol. The Morgan fingerprint density at radius 2 is 1.93 bits per heavy atom. The highest BCUT2D eigenvalue weighted by Gasteiger charge is 2.50. The third kappa shape index (κ3) is 3.41. The van der Waals surface area contributed by atoms with Crippen molar-refractivity contribution in [2.24, 2.45) is 0 Å². The number of Topliss-reactive ketones (excluding diaryl/α,β-unsaturated/α-hetero) is 2. The number of rotatable bonds is 6. The summed E-state index contributed by atoms with van der Waals surface area (Å²) in [6, 6.07) is 2.75. The number of nitrogens with zero attached hydrogens (tertiary/aromatic N) is 1. The number of ketones is 2. The summed E-state index contributed by atoms with van der Waals surface area (Å²) in [5.74, 6) is -1.93. The first kappa shape index (κ1) is 21.7. The topological polar surface area (TPSA) is 99.3 Å². The van der Waals surface area contributed by atoms with Crippen molar-refractivity contribution in [3.8, 4) is 0 Å². The van der Waals surface area contributed by atoms with Crippen LogP contribution in [0.15, 0.2) is 18.2 Å². The maximum absolute atomic E-state index is 13.4. The van der Waals surface area contributed by atoms with E-state index in [1.807, 2.05) is 6.92 Å². The predicted octanol–water partition coefficient (Wildman–Crippen LogP) is 3.53. The number of amides is 3. The van der Waals surface area contributed by atoms with Gasteiger partial charge in [-0.3, -0.25) is 19.3 Å². The summed E-state index contributed by atoms with van der Waals surface area (Å²) < 4.78 is 13.4. The standard InChI is InChI=1S/C21H21ClFN3O4/c1-5-13-17(11(3)27)10(2)24-18(13)16(28)9-26-19(29)21(4,25-20(26)30)14-7-6-12(23)8-15(14)22/h6-8,24H,5,9H2,1-4H3,(H,25,30). The smallest absolute Gasteiger partial charge is 0.325 e. The fraction of sp³-hybridized carbons (Fsp3) is 0.333. The van der Waals surface area contributed by atoms with E-state index in [1.54, 1.807) is 6.92 Å². The van der Waals surface area contributed by atoms with Crippen molar-refractivity contribution in [2.75, 3.05) is 6.54 Å². The Balaban J connectivity index is 1.92. The second-order valence-electron chi connectivity index (χ2n) is 7.38. The summed E-state index contributed by atoms with van der Waals surface area (Å²) in [6.07, 6.45) is 0.434. The number of hydrogen-bond acceptors (Lipinski definition) is 4. The van der Waals surface area contributed by atoms with Gasteiger partial charge in [-0.15, -0.1) is 0 Å². The molecular weight excluding hydrogens is 413 g/mol. The molecule has 0 aliphatic carbocycles. The molecule has 1 saturated heterocycles. The van der Waals surface area contributed by atoms with Crippen LogP contribution in [0, 0.1) is 12.7 Å². The first-order chi connectivity index (χ1) is 14.0. The number of nitrogens with one attached hydrogen (secondary N) is 2. The Hall–Kier alpha value is -3.00. The largest absolute Gasteiger partial charge is 0.355 e. The zero-order valence-corrected chi connectivity index (χ0v) is 17.7. The highest BCUT2D eigenvalue weighted by Crippen LogP contribution is 2.34. The van der Waals surface area contributed by atoms with E-state index in [0.717, 1.165) is 17.0 Å². The minimum atomic E-state index is -1.54. The molecule has 9 heteroatoms. The third-order valence-corrected chi connectivity index (χ3v) is 5.63. The molecule has 0 saturated carbocycles. The second-order valence-corrected chi connectivity index (χ2v) is 7.79. The Kier molecular flexibility index (Phi) is 5.56. The number of carbonyl (C=O) groups is 4.